The van der Waals surface area contributed by atoms with Crippen molar-refractivity contribution in [2.75, 3.05) is 0 Å². The molecule has 2 unspecified atom stereocenters. The second kappa shape index (κ2) is 26.3. The molecule has 2 atom stereocenters. The van der Waals surface area contributed by atoms with Crippen molar-refractivity contribution in [3.8, 4) is 0 Å². The van der Waals surface area contributed by atoms with Crippen LogP contribution in [0, 0.1) is 11.8 Å². The van der Waals surface area contributed by atoms with Gasteiger partial charge in [-0.3, -0.25) is 0 Å². The molecule has 0 aliphatic carbocycles. The molecule has 0 saturated heterocycles. The molecule has 0 heteroatoms. The number of unbranched alkanes of at least 4 members (excludes halogenated alkanes) is 19. The van der Waals surface area contributed by atoms with Crippen LogP contribution in [-0.2, 0) is 0 Å². The standard InChI is InChI=1S/C31H64/c1-5-7-8-9-10-11-12-13-14-15-16-17-18-19-21-25-28-31(4)29-26-23-20-22-24-27-30(3)6-2/h30-31H,5-29H2,1-4H3. The summed E-state index contributed by atoms with van der Waals surface area (Å²) in [5, 5.41) is 0. The van der Waals surface area contributed by atoms with Gasteiger partial charge < -0.3 is 0 Å². The van der Waals surface area contributed by atoms with Crippen molar-refractivity contribution in [2.24, 2.45) is 11.8 Å². The lowest BCUT2D eigenvalue weighted by atomic mass is 9.95. The highest BCUT2D eigenvalue weighted by molar-refractivity contribution is 4.57. The fourth-order valence-corrected chi connectivity index (χ4v) is 4.91. The van der Waals surface area contributed by atoms with Gasteiger partial charge in [0.15, 0.2) is 0 Å². The van der Waals surface area contributed by atoms with E-state index in [1.807, 2.05) is 0 Å². The van der Waals surface area contributed by atoms with Crippen molar-refractivity contribution in [3.05, 3.63) is 0 Å². The van der Waals surface area contributed by atoms with Gasteiger partial charge in [-0.2, -0.15) is 0 Å². The molecule has 0 heterocycles. The summed E-state index contributed by atoms with van der Waals surface area (Å²) in [6, 6.07) is 0. The van der Waals surface area contributed by atoms with Crippen LogP contribution >= 0.6 is 0 Å². The van der Waals surface area contributed by atoms with Crippen molar-refractivity contribution in [1.82, 2.24) is 0 Å². The van der Waals surface area contributed by atoms with E-state index >= 15 is 0 Å². The van der Waals surface area contributed by atoms with E-state index in [1.165, 1.54) is 161 Å². The molecule has 0 aliphatic rings. The van der Waals surface area contributed by atoms with E-state index in [-0.39, 0.29) is 0 Å². The van der Waals surface area contributed by atoms with E-state index < -0.39 is 0 Å². The van der Waals surface area contributed by atoms with Crippen molar-refractivity contribution in [1.29, 1.82) is 0 Å². The minimum Gasteiger partial charge on any atom is -0.0654 e. The molecule has 0 nitrogen and oxygen atoms in total. The molecule has 0 aromatic rings. The predicted octanol–water partition coefficient (Wildman–Crippen LogP) is 12.1. The Morgan fingerprint density at radius 1 is 0.323 bits per heavy atom. The first-order valence-corrected chi connectivity index (χ1v) is 15.2. The number of hydrogen-bond acceptors (Lipinski definition) is 0. The Labute approximate surface area is 200 Å². The van der Waals surface area contributed by atoms with Crippen molar-refractivity contribution >= 4 is 0 Å². The van der Waals surface area contributed by atoms with E-state index in [1.54, 1.807) is 0 Å². The van der Waals surface area contributed by atoms with E-state index in [4.69, 9.17) is 0 Å². The van der Waals surface area contributed by atoms with Crippen LogP contribution in [0.25, 0.3) is 0 Å². The SMILES string of the molecule is CCCCCCCCCCCCCCCCCCC(C)CCCCCCCC(C)CC. The van der Waals surface area contributed by atoms with Gasteiger partial charge in [0.1, 0.15) is 0 Å². The lowest BCUT2D eigenvalue weighted by molar-refractivity contribution is 0.425. The van der Waals surface area contributed by atoms with Crippen LogP contribution in [0.15, 0.2) is 0 Å². The Balaban J connectivity index is 3.15. The summed E-state index contributed by atoms with van der Waals surface area (Å²) in [5.41, 5.74) is 0. The first-order chi connectivity index (χ1) is 15.2. The van der Waals surface area contributed by atoms with Crippen molar-refractivity contribution in [3.63, 3.8) is 0 Å². The highest BCUT2D eigenvalue weighted by atomic mass is 14.1. The second-order valence-corrected chi connectivity index (χ2v) is 11.1. The summed E-state index contributed by atoms with van der Waals surface area (Å²) < 4.78 is 0. The summed E-state index contributed by atoms with van der Waals surface area (Å²) in [6.07, 6.45) is 36.7. The Bertz CT molecular complexity index is 307. The minimum atomic E-state index is 0.944. The molecule has 0 bridgehead atoms. The van der Waals surface area contributed by atoms with Gasteiger partial charge in [-0.1, -0.05) is 188 Å². The quantitative estimate of drug-likeness (QED) is 0.118. The molecule has 0 aromatic heterocycles. The zero-order valence-electron chi connectivity index (χ0n) is 22.8. The van der Waals surface area contributed by atoms with Gasteiger partial charge in [-0.05, 0) is 11.8 Å². The van der Waals surface area contributed by atoms with Crippen LogP contribution in [0.3, 0.4) is 0 Å². The van der Waals surface area contributed by atoms with Crippen LogP contribution < -0.4 is 0 Å². The maximum Gasteiger partial charge on any atom is -0.0443 e. The highest BCUT2D eigenvalue weighted by Gasteiger charge is 2.03. The topological polar surface area (TPSA) is 0 Å². The smallest absolute Gasteiger partial charge is 0.0443 e. The van der Waals surface area contributed by atoms with E-state index in [9.17, 15) is 0 Å². The van der Waals surface area contributed by atoms with Gasteiger partial charge >= 0.3 is 0 Å². The number of hydrogen-bond donors (Lipinski definition) is 0. The molecule has 0 spiro atoms. The Kier molecular flexibility index (Phi) is 26.3. The molecular weight excluding hydrogens is 372 g/mol. The Morgan fingerprint density at radius 2 is 0.581 bits per heavy atom. The summed E-state index contributed by atoms with van der Waals surface area (Å²) >= 11 is 0. The summed E-state index contributed by atoms with van der Waals surface area (Å²) in [6.45, 7) is 9.53. The molecule has 0 aromatic carbocycles. The molecule has 31 heavy (non-hydrogen) atoms. The minimum absolute atomic E-state index is 0.944. The molecule has 0 aliphatic heterocycles. The summed E-state index contributed by atoms with van der Waals surface area (Å²) in [4.78, 5) is 0. The van der Waals surface area contributed by atoms with Crippen molar-refractivity contribution < 1.29 is 0 Å². The zero-order chi connectivity index (χ0) is 22.8. The van der Waals surface area contributed by atoms with Gasteiger partial charge in [0.25, 0.3) is 0 Å². The maximum absolute atomic E-state index is 2.49. The summed E-state index contributed by atoms with van der Waals surface area (Å²) in [5.74, 6) is 1.91. The monoisotopic (exact) mass is 437 g/mol. The molecule has 0 saturated carbocycles. The summed E-state index contributed by atoms with van der Waals surface area (Å²) in [7, 11) is 0. The van der Waals surface area contributed by atoms with Crippen LogP contribution in [0.1, 0.15) is 188 Å². The van der Waals surface area contributed by atoms with E-state index in [0.29, 0.717) is 0 Å². The fourth-order valence-electron chi connectivity index (χ4n) is 4.91. The Morgan fingerprint density at radius 3 is 0.871 bits per heavy atom. The Hall–Kier alpha value is 0. The average Bonchev–Trinajstić information content (AvgIpc) is 2.77. The molecule has 0 rings (SSSR count). The second-order valence-electron chi connectivity index (χ2n) is 11.1. The van der Waals surface area contributed by atoms with Crippen LogP contribution in [-0.4, -0.2) is 0 Å². The van der Waals surface area contributed by atoms with Crippen molar-refractivity contribution in [2.45, 2.75) is 188 Å². The fraction of sp³-hybridized carbons (Fsp3) is 1.00. The van der Waals surface area contributed by atoms with Gasteiger partial charge in [-0.25, -0.2) is 0 Å². The maximum atomic E-state index is 2.49. The predicted molar refractivity (Wildman–Crippen MR) is 145 cm³/mol. The molecule has 188 valence electrons. The van der Waals surface area contributed by atoms with Crippen LogP contribution in [0.5, 0.6) is 0 Å². The molecular formula is C31H64. The van der Waals surface area contributed by atoms with Crippen LogP contribution in [0.2, 0.25) is 0 Å². The van der Waals surface area contributed by atoms with E-state index in [0.717, 1.165) is 11.8 Å². The third-order valence-corrected chi connectivity index (χ3v) is 7.64. The van der Waals surface area contributed by atoms with E-state index in [2.05, 4.69) is 27.7 Å². The normalized spacial score (nSPS) is 13.5. The molecule has 0 radical (unpaired) electrons. The zero-order valence-corrected chi connectivity index (χ0v) is 22.8. The first-order valence-electron chi connectivity index (χ1n) is 15.2. The molecule has 0 amide bonds. The van der Waals surface area contributed by atoms with Gasteiger partial charge in [0.2, 0.25) is 0 Å². The largest absolute Gasteiger partial charge is 0.0654 e. The average molecular weight is 437 g/mol. The van der Waals surface area contributed by atoms with Gasteiger partial charge in [-0.15, -0.1) is 0 Å². The molecule has 0 fully saturated rings. The third kappa shape index (κ3) is 26.1. The number of rotatable bonds is 26. The third-order valence-electron chi connectivity index (χ3n) is 7.64. The lowest BCUT2D eigenvalue weighted by Crippen LogP contribution is -1.95. The molecule has 0 N–H and O–H groups in total. The highest BCUT2D eigenvalue weighted by Crippen LogP contribution is 2.20. The van der Waals surface area contributed by atoms with Gasteiger partial charge in [0.05, 0.1) is 0 Å². The first kappa shape index (κ1) is 31.0. The van der Waals surface area contributed by atoms with Gasteiger partial charge in [0, 0.05) is 0 Å². The van der Waals surface area contributed by atoms with Crippen LogP contribution in [0.4, 0.5) is 0 Å². The lowest BCUT2D eigenvalue weighted by Gasteiger charge is -2.11.